The minimum Gasteiger partial charge on any atom is -0.350 e. The molecule has 1 heterocycles. The van der Waals surface area contributed by atoms with Crippen molar-refractivity contribution in [3.05, 3.63) is 0 Å². The Kier molecular flexibility index (Phi) is 2.06. The average Bonchev–Trinajstić information content (AvgIpc) is 2.66. The van der Waals surface area contributed by atoms with Gasteiger partial charge in [-0.15, -0.1) is 0 Å². The molecule has 15 heavy (non-hydrogen) atoms. The number of nitrogens with one attached hydrogen (secondary N) is 2. The minimum absolute atomic E-state index is 0.106. The quantitative estimate of drug-likeness (QED) is 0.712. The first kappa shape index (κ1) is 9.64. The van der Waals surface area contributed by atoms with Crippen LogP contribution in [0.5, 0.6) is 0 Å². The largest absolute Gasteiger partial charge is 0.350 e. The van der Waals surface area contributed by atoms with Crippen LogP contribution in [0.4, 0.5) is 0 Å². The van der Waals surface area contributed by atoms with E-state index < -0.39 is 0 Å². The molecule has 2 N–H and O–H groups in total. The van der Waals surface area contributed by atoms with Crippen molar-refractivity contribution >= 4 is 5.91 Å². The molecule has 1 amide bonds. The highest BCUT2D eigenvalue weighted by atomic mass is 16.2. The van der Waals surface area contributed by atoms with Gasteiger partial charge >= 0.3 is 0 Å². The number of hydrogen-bond acceptors (Lipinski definition) is 2. The molecule has 2 aliphatic carbocycles. The molecule has 0 bridgehead atoms. The lowest BCUT2D eigenvalue weighted by Gasteiger charge is -2.20. The van der Waals surface area contributed by atoms with Gasteiger partial charge in [0.1, 0.15) is 0 Å². The molecule has 0 aromatic carbocycles. The predicted octanol–water partition coefficient (Wildman–Crippen LogP) is 1.04. The molecule has 3 fully saturated rings. The van der Waals surface area contributed by atoms with Gasteiger partial charge in [0.2, 0.25) is 5.91 Å². The second-order valence-corrected chi connectivity index (χ2v) is 5.79. The zero-order chi connectivity index (χ0) is 10.5. The summed E-state index contributed by atoms with van der Waals surface area (Å²) in [7, 11) is 0. The summed E-state index contributed by atoms with van der Waals surface area (Å²) in [6, 6.07) is 0.106. The van der Waals surface area contributed by atoms with E-state index in [2.05, 4.69) is 17.6 Å². The van der Waals surface area contributed by atoms with Crippen molar-refractivity contribution in [1.82, 2.24) is 10.6 Å². The summed E-state index contributed by atoms with van der Waals surface area (Å²) >= 11 is 0. The van der Waals surface area contributed by atoms with Crippen LogP contribution in [-0.4, -0.2) is 24.0 Å². The molecule has 1 aliphatic heterocycles. The lowest BCUT2D eigenvalue weighted by Crippen LogP contribution is -2.47. The summed E-state index contributed by atoms with van der Waals surface area (Å²) in [6.45, 7) is 3.20. The molecule has 3 unspecified atom stereocenters. The van der Waals surface area contributed by atoms with Crippen molar-refractivity contribution in [3.63, 3.8) is 0 Å². The van der Waals surface area contributed by atoms with E-state index in [9.17, 15) is 4.79 Å². The third-order valence-electron chi connectivity index (χ3n) is 4.45. The molecular formula is C12H20N2O. The van der Waals surface area contributed by atoms with Crippen LogP contribution in [-0.2, 0) is 4.79 Å². The van der Waals surface area contributed by atoms with E-state index in [4.69, 9.17) is 0 Å². The van der Waals surface area contributed by atoms with E-state index in [1.54, 1.807) is 0 Å². The van der Waals surface area contributed by atoms with Crippen LogP contribution in [0, 0.1) is 11.8 Å². The number of amides is 1. The molecule has 0 aromatic rings. The van der Waals surface area contributed by atoms with Crippen molar-refractivity contribution in [1.29, 1.82) is 0 Å². The van der Waals surface area contributed by atoms with Crippen molar-refractivity contribution in [2.24, 2.45) is 11.8 Å². The Balaban J connectivity index is 1.64. The number of rotatable bonds is 2. The predicted molar refractivity (Wildman–Crippen MR) is 58.4 cm³/mol. The fourth-order valence-electron chi connectivity index (χ4n) is 3.16. The molecule has 3 nitrogen and oxygen atoms in total. The fourth-order valence-corrected chi connectivity index (χ4v) is 3.16. The molecule has 3 rings (SSSR count). The average molecular weight is 208 g/mol. The lowest BCUT2D eigenvalue weighted by atomic mass is 9.93. The fraction of sp³-hybridized carbons (Fsp3) is 0.917. The van der Waals surface area contributed by atoms with Gasteiger partial charge in [0.05, 0.1) is 6.04 Å². The molecule has 84 valence electrons. The zero-order valence-corrected chi connectivity index (χ0v) is 9.38. The van der Waals surface area contributed by atoms with Gasteiger partial charge in [-0.2, -0.15) is 0 Å². The van der Waals surface area contributed by atoms with E-state index in [1.165, 1.54) is 19.3 Å². The van der Waals surface area contributed by atoms with Crippen LogP contribution in [0.3, 0.4) is 0 Å². The van der Waals surface area contributed by atoms with Gasteiger partial charge in [-0.25, -0.2) is 0 Å². The van der Waals surface area contributed by atoms with Crippen molar-refractivity contribution in [2.45, 2.75) is 50.6 Å². The molecule has 3 aliphatic rings. The van der Waals surface area contributed by atoms with Crippen LogP contribution in [0.1, 0.15) is 39.0 Å². The topological polar surface area (TPSA) is 41.1 Å². The standard InChI is InChI=1S/C12H20N2O/c1-12(5-6-12)14-11(15)10-9-4-2-3-8(9)7-13-10/h8-10,13H,2-7H2,1H3,(H,14,15). The van der Waals surface area contributed by atoms with Gasteiger partial charge < -0.3 is 10.6 Å². The maximum absolute atomic E-state index is 12.1. The zero-order valence-electron chi connectivity index (χ0n) is 9.38. The van der Waals surface area contributed by atoms with Crippen LogP contribution in [0.2, 0.25) is 0 Å². The summed E-state index contributed by atoms with van der Waals surface area (Å²) < 4.78 is 0. The molecule has 1 saturated heterocycles. The lowest BCUT2D eigenvalue weighted by molar-refractivity contribution is -0.124. The Morgan fingerprint density at radius 2 is 2.20 bits per heavy atom. The normalized spacial score (nSPS) is 41.3. The second kappa shape index (κ2) is 3.21. The Morgan fingerprint density at radius 3 is 2.93 bits per heavy atom. The van der Waals surface area contributed by atoms with Crippen LogP contribution in [0.15, 0.2) is 0 Å². The summed E-state index contributed by atoms with van der Waals surface area (Å²) in [4.78, 5) is 12.1. The molecule has 0 aromatic heterocycles. The van der Waals surface area contributed by atoms with E-state index in [0.29, 0.717) is 5.92 Å². The third kappa shape index (κ3) is 1.67. The summed E-state index contributed by atoms with van der Waals surface area (Å²) in [5.74, 6) is 1.64. The minimum atomic E-state index is 0.106. The highest BCUT2D eigenvalue weighted by Crippen LogP contribution is 2.39. The molecular weight excluding hydrogens is 188 g/mol. The first-order valence-electron chi connectivity index (χ1n) is 6.23. The van der Waals surface area contributed by atoms with Crippen molar-refractivity contribution < 1.29 is 4.79 Å². The monoisotopic (exact) mass is 208 g/mol. The van der Waals surface area contributed by atoms with E-state index >= 15 is 0 Å². The van der Waals surface area contributed by atoms with E-state index in [-0.39, 0.29) is 17.5 Å². The summed E-state index contributed by atoms with van der Waals surface area (Å²) in [5.41, 5.74) is 0.134. The smallest absolute Gasteiger partial charge is 0.237 e. The molecule has 3 atom stereocenters. The summed E-state index contributed by atoms with van der Waals surface area (Å²) in [6.07, 6.45) is 6.18. The summed E-state index contributed by atoms with van der Waals surface area (Å²) in [5, 5.41) is 6.58. The maximum atomic E-state index is 12.1. The van der Waals surface area contributed by atoms with Gasteiger partial charge in [0.15, 0.2) is 0 Å². The van der Waals surface area contributed by atoms with Crippen LogP contribution < -0.4 is 10.6 Å². The molecule has 3 heteroatoms. The van der Waals surface area contributed by atoms with Crippen LogP contribution >= 0.6 is 0 Å². The highest BCUT2D eigenvalue weighted by Gasteiger charge is 2.46. The van der Waals surface area contributed by atoms with E-state index in [1.807, 2.05) is 0 Å². The van der Waals surface area contributed by atoms with Gasteiger partial charge in [0, 0.05) is 5.54 Å². The van der Waals surface area contributed by atoms with E-state index in [0.717, 1.165) is 25.3 Å². The van der Waals surface area contributed by atoms with Crippen molar-refractivity contribution in [2.75, 3.05) is 6.54 Å². The number of carbonyl (C=O) groups is 1. The van der Waals surface area contributed by atoms with Gasteiger partial charge in [-0.3, -0.25) is 4.79 Å². The van der Waals surface area contributed by atoms with Gasteiger partial charge in [-0.05, 0) is 51.0 Å². The van der Waals surface area contributed by atoms with Crippen LogP contribution in [0.25, 0.3) is 0 Å². The number of carbonyl (C=O) groups excluding carboxylic acids is 1. The van der Waals surface area contributed by atoms with Gasteiger partial charge in [-0.1, -0.05) is 6.42 Å². The van der Waals surface area contributed by atoms with Crippen molar-refractivity contribution in [3.8, 4) is 0 Å². The Labute approximate surface area is 91.0 Å². The van der Waals surface area contributed by atoms with Gasteiger partial charge in [0.25, 0.3) is 0 Å². The Morgan fingerprint density at radius 1 is 1.40 bits per heavy atom. The Bertz CT molecular complexity index is 285. The number of fused-ring (bicyclic) bond motifs is 1. The number of hydrogen-bond donors (Lipinski definition) is 2. The highest BCUT2D eigenvalue weighted by molar-refractivity contribution is 5.83. The third-order valence-corrected chi connectivity index (χ3v) is 4.45. The Hall–Kier alpha value is -0.570. The molecule has 0 spiro atoms. The first-order valence-corrected chi connectivity index (χ1v) is 6.23. The molecule has 2 saturated carbocycles. The molecule has 0 radical (unpaired) electrons. The maximum Gasteiger partial charge on any atom is 0.237 e. The SMILES string of the molecule is CC1(NC(=O)C2NCC3CCCC32)CC1. The first-order chi connectivity index (χ1) is 7.18. The second-order valence-electron chi connectivity index (χ2n) is 5.79.